The van der Waals surface area contributed by atoms with Gasteiger partial charge in [0.25, 0.3) is 5.56 Å². The van der Waals surface area contributed by atoms with Gasteiger partial charge in [-0.3, -0.25) is 13.9 Å². The van der Waals surface area contributed by atoms with Crippen LogP contribution in [0.3, 0.4) is 0 Å². The lowest BCUT2D eigenvalue weighted by Crippen LogP contribution is -2.38. The van der Waals surface area contributed by atoms with Crippen LogP contribution in [0.15, 0.2) is 63.1 Å². The summed E-state index contributed by atoms with van der Waals surface area (Å²) in [7, 11) is -0.621. The normalized spacial score (nSPS) is 11.7. The first kappa shape index (κ1) is 23.5. The first-order valence-electron chi connectivity index (χ1n) is 10.7. The fourth-order valence-electron chi connectivity index (χ4n) is 3.67. The zero-order valence-electron chi connectivity index (χ0n) is 19.0. The first-order valence-corrected chi connectivity index (χ1v) is 12.1. The Labute approximate surface area is 195 Å². The quantitative estimate of drug-likeness (QED) is 0.394. The molecule has 11 heteroatoms. The van der Waals surface area contributed by atoms with E-state index >= 15 is 0 Å². The molecule has 0 saturated carbocycles. The van der Waals surface area contributed by atoms with Crippen LogP contribution in [0, 0.1) is 0 Å². The lowest BCUT2D eigenvalue weighted by atomic mass is 10.1. The molecule has 3 aromatic heterocycles. The maximum Gasteiger partial charge on any atom is 0.331 e. The molecule has 0 bridgehead atoms. The number of pyridine rings is 1. The van der Waals surface area contributed by atoms with Crippen LogP contribution in [0.2, 0.25) is 0 Å². The fourth-order valence-corrected chi connectivity index (χ4v) is 4.68. The summed E-state index contributed by atoms with van der Waals surface area (Å²) in [5.74, 6) is 0.448. The van der Waals surface area contributed by atoms with Crippen LogP contribution in [-0.4, -0.2) is 34.6 Å². The van der Waals surface area contributed by atoms with Gasteiger partial charge in [0.1, 0.15) is 5.52 Å². The summed E-state index contributed by atoms with van der Waals surface area (Å²) >= 11 is 0. The van der Waals surface area contributed by atoms with Gasteiger partial charge >= 0.3 is 5.69 Å². The average Bonchev–Trinajstić information content (AvgIpc) is 3.30. The number of rotatable bonds is 8. The predicted octanol–water partition coefficient (Wildman–Crippen LogP) is 1.99. The number of nitrogens with zero attached hydrogens (tertiary/aromatic N) is 3. The lowest BCUT2D eigenvalue weighted by molar-refractivity contribution is 0.397. The van der Waals surface area contributed by atoms with Gasteiger partial charge in [-0.05, 0) is 35.7 Å². The average molecular weight is 484 g/mol. The topological polar surface area (TPSA) is 128 Å². The highest BCUT2D eigenvalue weighted by Gasteiger charge is 2.17. The molecule has 0 atom stereocenters. The third-order valence-electron chi connectivity index (χ3n) is 5.53. The van der Waals surface area contributed by atoms with Crippen molar-refractivity contribution in [3.63, 3.8) is 0 Å². The summed E-state index contributed by atoms with van der Waals surface area (Å²) in [6.07, 6.45) is 2.20. The number of hydrogen-bond donors (Lipinski definition) is 2. The Morgan fingerprint density at radius 2 is 1.85 bits per heavy atom. The molecule has 3 heterocycles. The molecule has 1 aromatic carbocycles. The van der Waals surface area contributed by atoms with Gasteiger partial charge in [0, 0.05) is 38.1 Å². The van der Waals surface area contributed by atoms with Crippen molar-refractivity contribution in [3.05, 3.63) is 75.1 Å². The van der Waals surface area contributed by atoms with Crippen LogP contribution in [-0.2, 0) is 30.2 Å². The van der Waals surface area contributed by atoms with E-state index in [0.29, 0.717) is 46.7 Å². The van der Waals surface area contributed by atoms with E-state index in [0.717, 1.165) is 0 Å². The van der Waals surface area contributed by atoms with E-state index in [2.05, 4.69) is 14.7 Å². The monoisotopic (exact) mass is 483 g/mol. The van der Waals surface area contributed by atoms with Crippen molar-refractivity contribution in [2.75, 3.05) is 7.11 Å². The van der Waals surface area contributed by atoms with E-state index in [1.165, 1.54) is 28.4 Å². The van der Waals surface area contributed by atoms with Crippen LogP contribution in [0.25, 0.3) is 22.3 Å². The second kappa shape index (κ2) is 9.27. The van der Waals surface area contributed by atoms with E-state index in [9.17, 15) is 18.0 Å². The summed E-state index contributed by atoms with van der Waals surface area (Å²) in [5, 5.41) is 0. The number of H-pyrrole nitrogens is 1. The number of aromatic amines is 1. The maximum atomic E-state index is 12.8. The molecule has 0 spiro atoms. The molecule has 0 saturated heterocycles. The third-order valence-corrected chi connectivity index (χ3v) is 6.95. The molecule has 0 aliphatic heterocycles. The minimum Gasteiger partial charge on any atom is -0.481 e. The molecule has 0 fully saturated rings. The molecule has 34 heavy (non-hydrogen) atoms. The van der Waals surface area contributed by atoms with Crippen molar-refractivity contribution in [1.29, 1.82) is 0 Å². The second-order valence-corrected chi connectivity index (χ2v) is 9.57. The number of methoxy groups -OCH3 is 1. The number of nitrogens with one attached hydrogen (secondary N) is 2. The molecule has 0 aliphatic rings. The maximum absolute atomic E-state index is 12.8. The van der Waals surface area contributed by atoms with Gasteiger partial charge < -0.3 is 9.72 Å². The van der Waals surface area contributed by atoms with Crippen molar-refractivity contribution in [2.24, 2.45) is 7.05 Å². The third kappa shape index (κ3) is 4.39. The van der Waals surface area contributed by atoms with Gasteiger partial charge in [-0.15, -0.1) is 0 Å². The Bertz CT molecular complexity index is 1550. The summed E-state index contributed by atoms with van der Waals surface area (Å²) in [4.78, 5) is 32.5. The Balaban J connectivity index is 1.59. The SMILES string of the molecule is CCCn1c(=O)c2[nH]c(-c3ccc(S(=O)(=O)NCc4ccc(OC)nc4)cc3)cc2n(C)c1=O. The molecule has 0 aliphatic carbocycles. The van der Waals surface area contributed by atoms with E-state index in [-0.39, 0.29) is 22.7 Å². The molecular formula is C23H25N5O5S. The number of fused-ring (bicyclic) bond motifs is 1. The summed E-state index contributed by atoms with van der Waals surface area (Å²) in [5.41, 5.74) is 2.06. The number of aromatic nitrogens is 4. The van der Waals surface area contributed by atoms with E-state index < -0.39 is 10.0 Å². The van der Waals surface area contributed by atoms with Gasteiger partial charge in [-0.1, -0.05) is 25.1 Å². The second-order valence-electron chi connectivity index (χ2n) is 7.80. The molecule has 0 amide bonds. The van der Waals surface area contributed by atoms with Gasteiger partial charge in [-0.2, -0.15) is 0 Å². The Morgan fingerprint density at radius 3 is 2.47 bits per heavy atom. The molecule has 4 aromatic rings. The van der Waals surface area contributed by atoms with E-state index in [1.807, 2.05) is 6.92 Å². The molecule has 2 N–H and O–H groups in total. The van der Waals surface area contributed by atoms with Crippen molar-refractivity contribution >= 4 is 21.1 Å². The number of benzene rings is 1. The molecular weight excluding hydrogens is 458 g/mol. The highest BCUT2D eigenvalue weighted by molar-refractivity contribution is 7.89. The molecule has 0 radical (unpaired) electrons. The smallest absolute Gasteiger partial charge is 0.331 e. The van der Waals surface area contributed by atoms with Gasteiger partial charge in [-0.25, -0.2) is 22.9 Å². The lowest BCUT2D eigenvalue weighted by Gasteiger charge is -2.08. The minimum absolute atomic E-state index is 0.0845. The zero-order chi connectivity index (χ0) is 24.5. The minimum atomic E-state index is -3.75. The molecule has 0 unspecified atom stereocenters. The van der Waals surface area contributed by atoms with E-state index in [1.54, 1.807) is 43.6 Å². The number of hydrogen-bond acceptors (Lipinski definition) is 6. The number of ether oxygens (including phenoxy) is 1. The number of sulfonamides is 1. The Morgan fingerprint density at radius 1 is 1.12 bits per heavy atom. The predicted molar refractivity (Wildman–Crippen MR) is 128 cm³/mol. The van der Waals surface area contributed by atoms with Crippen LogP contribution in [0.1, 0.15) is 18.9 Å². The standard InChI is InChI=1S/C23H25N5O5S/c1-4-11-28-22(29)21-19(27(2)23(28)30)12-18(26-21)16-6-8-17(9-7-16)34(31,32)25-14-15-5-10-20(33-3)24-13-15/h5-10,12-13,25-26H,4,11,14H2,1-3H3. The van der Waals surface area contributed by atoms with Crippen molar-refractivity contribution in [3.8, 4) is 17.1 Å². The first-order chi connectivity index (χ1) is 16.2. The highest BCUT2D eigenvalue weighted by atomic mass is 32.2. The van der Waals surface area contributed by atoms with Crippen molar-refractivity contribution in [2.45, 2.75) is 31.3 Å². The Hall–Kier alpha value is -3.70. The van der Waals surface area contributed by atoms with Crippen LogP contribution in [0.5, 0.6) is 5.88 Å². The number of aryl methyl sites for hydroxylation is 1. The summed E-state index contributed by atoms with van der Waals surface area (Å²) < 4.78 is 35.6. The van der Waals surface area contributed by atoms with Gasteiger partial charge in [0.15, 0.2) is 0 Å². The summed E-state index contributed by atoms with van der Waals surface area (Å²) in [6, 6.07) is 11.4. The molecule has 178 valence electrons. The largest absolute Gasteiger partial charge is 0.481 e. The van der Waals surface area contributed by atoms with Gasteiger partial charge in [0.2, 0.25) is 15.9 Å². The fraction of sp³-hybridized carbons (Fsp3) is 0.261. The van der Waals surface area contributed by atoms with Crippen LogP contribution in [0.4, 0.5) is 0 Å². The zero-order valence-corrected chi connectivity index (χ0v) is 19.8. The van der Waals surface area contributed by atoms with Crippen LogP contribution >= 0.6 is 0 Å². The highest BCUT2D eigenvalue weighted by Crippen LogP contribution is 2.23. The summed E-state index contributed by atoms with van der Waals surface area (Å²) in [6.45, 7) is 2.32. The van der Waals surface area contributed by atoms with Crippen molar-refractivity contribution in [1.82, 2.24) is 23.8 Å². The van der Waals surface area contributed by atoms with Crippen LogP contribution < -0.4 is 20.7 Å². The Kier molecular flexibility index (Phi) is 6.40. The molecule has 10 nitrogen and oxygen atoms in total. The van der Waals surface area contributed by atoms with Gasteiger partial charge in [0.05, 0.1) is 17.5 Å². The van der Waals surface area contributed by atoms with Crippen molar-refractivity contribution < 1.29 is 13.2 Å². The van der Waals surface area contributed by atoms with E-state index in [4.69, 9.17) is 4.74 Å². The molecule has 4 rings (SSSR count).